The predicted molar refractivity (Wildman–Crippen MR) is 225 cm³/mol. The van der Waals surface area contributed by atoms with Gasteiger partial charge in [-0.3, -0.25) is 0 Å². The number of hydrogen-bond donors (Lipinski definition) is 0. The molecule has 0 N–H and O–H groups in total. The number of methoxy groups -OCH3 is 3. The molecule has 1 unspecified atom stereocenters. The molecule has 4 aliphatic rings. The SMILES string of the molecule is COc1ccc(C2(c3ccc(N4CCOCC4)cc3)C=Cc3c4c(c5cc(OC)c(OC)cc5c3O2)-c2ccccc2-c2ccccc2C42CC(C)(C)C2)cc1. The van der Waals surface area contributed by atoms with E-state index in [1.807, 2.05) is 12.1 Å². The molecule has 0 bridgehead atoms. The standard InChI is InChI=1S/C50H47NO5/c1-48(2)30-49(31-48)42-13-9-8-11-37(42)36-10-6-7-12-38(36)45-40-28-43(53-4)44(54-5)29-41(40)47-39(46(45)49)22-23-50(56-47,33-16-20-35(52-3)21-17-33)32-14-18-34(19-15-32)51-24-26-55-27-25-51/h6-23,28-29H,24-27,30-31H2,1-5H3. The molecule has 6 nitrogen and oxygen atoms in total. The van der Waals surface area contributed by atoms with Crippen LogP contribution >= 0.6 is 0 Å². The van der Waals surface area contributed by atoms with Gasteiger partial charge in [0.1, 0.15) is 11.5 Å². The highest BCUT2D eigenvalue weighted by molar-refractivity contribution is 6.10. The van der Waals surface area contributed by atoms with Gasteiger partial charge >= 0.3 is 0 Å². The third-order valence-corrected chi connectivity index (χ3v) is 12.7. The molecule has 1 atom stereocenters. The van der Waals surface area contributed by atoms with Crippen molar-refractivity contribution in [1.29, 1.82) is 0 Å². The van der Waals surface area contributed by atoms with E-state index in [0.717, 1.165) is 78.1 Å². The molecule has 2 fully saturated rings. The first-order valence-electron chi connectivity index (χ1n) is 19.7. The lowest BCUT2D eigenvalue weighted by Gasteiger charge is -2.55. The summed E-state index contributed by atoms with van der Waals surface area (Å²) in [5, 5.41) is 2.07. The van der Waals surface area contributed by atoms with Crippen LogP contribution in [0.3, 0.4) is 0 Å². The quantitative estimate of drug-likeness (QED) is 0.169. The van der Waals surface area contributed by atoms with Crippen molar-refractivity contribution in [2.45, 2.75) is 37.7 Å². The maximum Gasteiger partial charge on any atom is 0.178 e. The molecule has 282 valence electrons. The number of morpholine rings is 1. The lowest BCUT2D eigenvalue weighted by Crippen LogP contribution is -2.48. The van der Waals surface area contributed by atoms with Crippen molar-refractivity contribution in [1.82, 2.24) is 0 Å². The van der Waals surface area contributed by atoms with Crippen molar-refractivity contribution in [3.63, 3.8) is 0 Å². The van der Waals surface area contributed by atoms with E-state index in [1.165, 1.54) is 39.1 Å². The van der Waals surface area contributed by atoms with Gasteiger partial charge in [0.2, 0.25) is 0 Å². The first-order valence-corrected chi connectivity index (χ1v) is 19.7. The van der Waals surface area contributed by atoms with Gasteiger partial charge in [0.25, 0.3) is 0 Å². The second kappa shape index (κ2) is 12.9. The molecule has 1 saturated carbocycles. The summed E-state index contributed by atoms with van der Waals surface area (Å²) >= 11 is 0. The molecule has 10 rings (SSSR count). The van der Waals surface area contributed by atoms with Gasteiger partial charge in [0.05, 0.1) is 34.5 Å². The zero-order valence-corrected chi connectivity index (χ0v) is 32.8. The number of hydrogen-bond acceptors (Lipinski definition) is 6. The van der Waals surface area contributed by atoms with Gasteiger partial charge in [-0.1, -0.05) is 92.7 Å². The van der Waals surface area contributed by atoms with Crippen molar-refractivity contribution < 1.29 is 23.7 Å². The lowest BCUT2D eigenvalue weighted by atomic mass is 9.48. The van der Waals surface area contributed by atoms with Crippen molar-refractivity contribution in [3.05, 3.63) is 143 Å². The largest absolute Gasteiger partial charge is 0.497 e. The molecular weight excluding hydrogens is 695 g/mol. The molecule has 6 heteroatoms. The first-order chi connectivity index (χ1) is 27.3. The van der Waals surface area contributed by atoms with Crippen LogP contribution in [0, 0.1) is 5.41 Å². The van der Waals surface area contributed by atoms with Gasteiger partial charge < -0.3 is 28.6 Å². The second-order valence-corrected chi connectivity index (χ2v) is 16.5. The average Bonchev–Trinajstić information content (AvgIpc) is 3.34. The third-order valence-electron chi connectivity index (χ3n) is 12.7. The highest BCUT2D eigenvalue weighted by Gasteiger charge is 2.56. The zero-order chi connectivity index (χ0) is 38.2. The van der Waals surface area contributed by atoms with Gasteiger partial charge in [-0.25, -0.2) is 0 Å². The number of nitrogens with zero attached hydrogens (tertiary/aromatic N) is 1. The molecule has 2 aliphatic carbocycles. The van der Waals surface area contributed by atoms with Gasteiger partial charge in [-0.15, -0.1) is 0 Å². The summed E-state index contributed by atoms with van der Waals surface area (Å²) in [6, 6.07) is 39.5. The normalized spacial score (nSPS) is 19.8. The minimum absolute atomic E-state index is 0.161. The lowest BCUT2D eigenvalue weighted by molar-refractivity contribution is 0.0882. The van der Waals surface area contributed by atoms with Crippen LogP contribution in [0.4, 0.5) is 5.69 Å². The smallest absolute Gasteiger partial charge is 0.178 e. The summed E-state index contributed by atoms with van der Waals surface area (Å²) in [4.78, 5) is 2.39. The Morgan fingerprint density at radius 3 is 1.89 bits per heavy atom. The second-order valence-electron chi connectivity index (χ2n) is 16.5. The molecule has 6 aromatic rings. The molecule has 2 heterocycles. The molecule has 6 aromatic carbocycles. The number of benzene rings is 6. The van der Waals surface area contributed by atoms with Crippen LogP contribution in [-0.2, 0) is 15.8 Å². The van der Waals surface area contributed by atoms with Crippen LogP contribution in [0.5, 0.6) is 23.0 Å². The number of anilines is 1. The maximum absolute atomic E-state index is 7.78. The third kappa shape index (κ3) is 5.11. The van der Waals surface area contributed by atoms with Gasteiger partial charge in [0, 0.05) is 46.3 Å². The van der Waals surface area contributed by atoms with Gasteiger partial charge in [-0.2, -0.15) is 0 Å². The van der Waals surface area contributed by atoms with E-state index in [1.54, 1.807) is 21.3 Å². The number of ether oxygens (including phenoxy) is 5. The fourth-order valence-corrected chi connectivity index (χ4v) is 10.5. The molecule has 1 spiro atoms. The molecule has 2 aliphatic heterocycles. The van der Waals surface area contributed by atoms with Crippen LogP contribution in [-0.4, -0.2) is 47.6 Å². The van der Waals surface area contributed by atoms with E-state index in [2.05, 4.69) is 128 Å². The fourth-order valence-electron chi connectivity index (χ4n) is 10.5. The molecule has 0 aromatic heterocycles. The van der Waals surface area contributed by atoms with E-state index < -0.39 is 5.60 Å². The van der Waals surface area contributed by atoms with Crippen molar-refractivity contribution >= 4 is 22.5 Å². The van der Waals surface area contributed by atoms with Crippen molar-refractivity contribution in [3.8, 4) is 45.3 Å². The average molecular weight is 742 g/mol. The Bertz CT molecular complexity index is 2520. The van der Waals surface area contributed by atoms with Crippen LogP contribution < -0.4 is 23.8 Å². The van der Waals surface area contributed by atoms with Gasteiger partial charge in [0.15, 0.2) is 17.1 Å². The Kier molecular flexibility index (Phi) is 8.02. The minimum Gasteiger partial charge on any atom is -0.497 e. The van der Waals surface area contributed by atoms with E-state index in [4.69, 9.17) is 23.7 Å². The van der Waals surface area contributed by atoms with Gasteiger partial charge in [-0.05, 0) is 99.5 Å². The number of fused-ring (bicyclic) bond motifs is 12. The summed E-state index contributed by atoms with van der Waals surface area (Å²) in [6.45, 7) is 8.03. The first kappa shape index (κ1) is 34.7. The minimum atomic E-state index is -0.941. The van der Waals surface area contributed by atoms with E-state index in [-0.39, 0.29) is 10.8 Å². The topological polar surface area (TPSA) is 49.4 Å². The van der Waals surface area contributed by atoms with Crippen molar-refractivity contribution in [2.24, 2.45) is 5.41 Å². The summed E-state index contributed by atoms with van der Waals surface area (Å²) in [7, 11) is 5.13. The van der Waals surface area contributed by atoms with E-state index in [9.17, 15) is 0 Å². The van der Waals surface area contributed by atoms with Crippen LogP contribution in [0.25, 0.3) is 39.1 Å². The Morgan fingerprint density at radius 1 is 0.643 bits per heavy atom. The highest BCUT2D eigenvalue weighted by atomic mass is 16.5. The molecule has 56 heavy (non-hydrogen) atoms. The molecule has 0 amide bonds. The van der Waals surface area contributed by atoms with E-state index >= 15 is 0 Å². The monoisotopic (exact) mass is 741 g/mol. The fraction of sp³-hybridized carbons (Fsp3) is 0.280. The van der Waals surface area contributed by atoms with Crippen LogP contribution in [0.2, 0.25) is 0 Å². The summed E-state index contributed by atoms with van der Waals surface area (Å²) in [5.74, 6) is 2.99. The Morgan fingerprint density at radius 2 is 1.25 bits per heavy atom. The maximum atomic E-state index is 7.78. The molecule has 1 saturated heterocycles. The zero-order valence-electron chi connectivity index (χ0n) is 32.8. The van der Waals surface area contributed by atoms with Crippen LogP contribution in [0.1, 0.15) is 54.5 Å². The van der Waals surface area contributed by atoms with Crippen molar-refractivity contribution in [2.75, 3.05) is 52.5 Å². The summed E-state index contributed by atoms with van der Waals surface area (Å²) < 4.78 is 31.1. The Balaban J connectivity index is 1.29. The Labute approximate surface area is 329 Å². The molecule has 0 radical (unpaired) electrons. The van der Waals surface area contributed by atoms with Crippen LogP contribution in [0.15, 0.2) is 115 Å². The highest BCUT2D eigenvalue weighted by Crippen LogP contribution is 2.67. The predicted octanol–water partition coefficient (Wildman–Crippen LogP) is 10.8. The van der Waals surface area contributed by atoms with E-state index in [0.29, 0.717) is 11.5 Å². The number of rotatable bonds is 6. The summed E-state index contributed by atoms with van der Waals surface area (Å²) in [6.07, 6.45) is 6.68. The Hall–Kier alpha value is -5.72. The molecular formula is C50H47NO5. The summed E-state index contributed by atoms with van der Waals surface area (Å²) in [5.41, 5.74) is 11.0.